The third kappa shape index (κ3) is 3.31. The highest BCUT2D eigenvalue weighted by Crippen LogP contribution is 2.36. The molecule has 11 heteroatoms. The van der Waals surface area contributed by atoms with Crippen LogP contribution in [-0.2, 0) is 11.1 Å². The van der Waals surface area contributed by atoms with E-state index in [1.807, 2.05) is 0 Å². The molecule has 0 aliphatic heterocycles. The number of H-pyrrole nitrogens is 1. The van der Waals surface area contributed by atoms with E-state index in [1.165, 1.54) is 10.9 Å². The molecule has 0 aliphatic rings. The van der Waals surface area contributed by atoms with E-state index in [0.717, 1.165) is 6.08 Å². The summed E-state index contributed by atoms with van der Waals surface area (Å²) in [7, 11) is -4.33. The van der Waals surface area contributed by atoms with Gasteiger partial charge in [-0.1, -0.05) is 0 Å². The van der Waals surface area contributed by atoms with Crippen molar-refractivity contribution in [2.24, 2.45) is 0 Å². The molecule has 1 atom stereocenters. The van der Waals surface area contributed by atoms with Gasteiger partial charge in [-0.05, 0) is 6.08 Å². The summed E-state index contributed by atoms with van der Waals surface area (Å²) in [6.07, 6.45) is 1.06. The molecule has 0 aliphatic carbocycles. The fourth-order valence-corrected chi connectivity index (χ4v) is 2.00. The van der Waals surface area contributed by atoms with Gasteiger partial charge in [0.2, 0.25) is 5.95 Å². The molecule has 0 radical (unpaired) electrons. The van der Waals surface area contributed by atoms with Gasteiger partial charge in [-0.2, -0.15) is 4.98 Å². The Morgan fingerprint density at radius 3 is 2.90 bits per heavy atom. The molecule has 108 valence electrons. The lowest BCUT2D eigenvalue weighted by Crippen LogP contribution is -2.15. The molecule has 6 N–H and O–H groups in total. The molecule has 0 bridgehead atoms. The highest BCUT2D eigenvalue weighted by molar-refractivity contribution is 7.55. The van der Waals surface area contributed by atoms with Crippen molar-refractivity contribution in [3.8, 4) is 0 Å². The third-order valence-electron chi connectivity index (χ3n) is 2.38. The predicted octanol–water partition coefficient (Wildman–Crippen LogP) is -1.25. The largest absolute Gasteiger partial charge is 0.387 e. The Balaban J connectivity index is 2.29. The van der Waals surface area contributed by atoms with Gasteiger partial charge in [0.25, 0.3) is 5.56 Å². The highest BCUT2D eigenvalue weighted by Gasteiger charge is 2.12. The maximum absolute atomic E-state index is 11.5. The molecule has 20 heavy (non-hydrogen) atoms. The molecule has 2 heterocycles. The number of aliphatic hydroxyl groups excluding tert-OH is 1. The van der Waals surface area contributed by atoms with Crippen LogP contribution >= 0.6 is 7.60 Å². The SMILES string of the molecule is Nc1nc2c(ncn2C[C@H](O)/C=C/P(=O)(O)O)c(=O)[nH]1. The van der Waals surface area contributed by atoms with Crippen molar-refractivity contribution < 1.29 is 19.5 Å². The summed E-state index contributed by atoms with van der Waals surface area (Å²) < 4.78 is 12.0. The first kappa shape index (κ1) is 14.4. The molecular weight excluding hydrogens is 289 g/mol. The normalized spacial score (nSPS) is 14.2. The van der Waals surface area contributed by atoms with E-state index in [9.17, 15) is 14.5 Å². The summed E-state index contributed by atoms with van der Waals surface area (Å²) in [6, 6.07) is 0. The number of fused-ring (bicyclic) bond motifs is 1. The first-order chi connectivity index (χ1) is 9.26. The van der Waals surface area contributed by atoms with E-state index in [2.05, 4.69) is 15.0 Å². The van der Waals surface area contributed by atoms with Crippen molar-refractivity contribution >= 4 is 24.7 Å². The topological polar surface area (TPSA) is 167 Å². The van der Waals surface area contributed by atoms with Crippen molar-refractivity contribution in [2.45, 2.75) is 12.6 Å². The number of aromatic amines is 1. The number of nitrogens with one attached hydrogen (secondary N) is 1. The van der Waals surface area contributed by atoms with Gasteiger partial charge in [0.1, 0.15) is 0 Å². The predicted molar refractivity (Wildman–Crippen MR) is 69.8 cm³/mol. The van der Waals surface area contributed by atoms with Crippen molar-refractivity contribution in [2.75, 3.05) is 5.73 Å². The highest BCUT2D eigenvalue weighted by atomic mass is 31.2. The Kier molecular flexibility index (Phi) is 3.73. The smallest absolute Gasteiger partial charge is 0.348 e. The van der Waals surface area contributed by atoms with E-state index < -0.39 is 19.3 Å². The standard InChI is InChI=1S/C9H12N5O5P/c10-9-12-7-6(8(16)13-9)11-4-14(7)3-5(15)1-2-20(17,18)19/h1-2,4-5,15H,3H2,(H2,17,18,19)(H3,10,12,13,16)/b2-1+/t5-/m1/s1. The number of nitrogen functional groups attached to an aromatic ring is 1. The van der Waals surface area contributed by atoms with Crippen LogP contribution < -0.4 is 11.3 Å². The van der Waals surface area contributed by atoms with E-state index in [4.69, 9.17) is 15.5 Å². The zero-order valence-corrected chi connectivity index (χ0v) is 10.9. The second-order valence-electron chi connectivity index (χ2n) is 4.02. The van der Waals surface area contributed by atoms with Crippen LogP contribution in [-0.4, -0.2) is 40.5 Å². The summed E-state index contributed by atoms with van der Waals surface area (Å²) in [5, 5.41) is 9.66. The van der Waals surface area contributed by atoms with Gasteiger partial charge in [0.05, 0.1) is 19.0 Å². The van der Waals surface area contributed by atoms with Gasteiger partial charge in [-0.15, -0.1) is 0 Å². The van der Waals surface area contributed by atoms with Crippen molar-refractivity contribution in [1.82, 2.24) is 19.5 Å². The summed E-state index contributed by atoms with van der Waals surface area (Å²) in [6.45, 7) is -0.0805. The number of aliphatic hydroxyl groups is 1. The first-order valence-electron chi connectivity index (χ1n) is 5.39. The Bertz CT molecular complexity index is 760. The molecule has 0 amide bonds. The molecule has 2 aromatic heterocycles. The zero-order valence-electron chi connectivity index (χ0n) is 10.0. The minimum atomic E-state index is -4.33. The van der Waals surface area contributed by atoms with Crippen LogP contribution in [0.4, 0.5) is 5.95 Å². The summed E-state index contributed by atoms with van der Waals surface area (Å²) in [4.78, 5) is 38.8. The first-order valence-corrected chi connectivity index (χ1v) is 7.08. The van der Waals surface area contributed by atoms with Crippen LogP contribution in [0.3, 0.4) is 0 Å². The lowest BCUT2D eigenvalue weighted by atomic mass is 10.3. The molecular formula is C9H12N5O5P. The van der Waals surface area contributed by atoms with E-state index in [0.29, 0.717) is 5.82 Å². The fraction of sp³-hybridized carbons (Fsp3) is 0.222. The van der Waals surface area contributed by atoms with E-state index in [1.54, 1.807) is 0 Å². The average molecular weight is 301 g/mol. The second kappa shape index (κ2) is 5.17. The van der Waals surface area contributed by atoms with Gasteiger partial charge in [0, 0.05) is 5.82 Å². The minimum absolute atomic E-state index is 0.0605. The maximum atomic E-state index is 11.5. The zero-order chi connectivity index (χ0) is 14.9. The summed E-state index contributed by atoms with van der Waals surface area (Å²) in [5.74, 6) is 0.510. The molecule has 0 saturated carbocycles. The monoisotopic (exact) mass is 301 g/mol. The molecule has 2 rings (SSSR count). The van der Waals surface area contributed by atoms with Gasteiger partial charge in [-0.3, -0.25) is 14.3 Å². The molecule has 0 unspecified atom stereocenters. The van der Waals surface area contributed by atoms with E-state index in [-0.39, 0.29) is 23.7 Å². The second-order valence-corrected chi connectivity index (χ2v) is 5.49. The minimum Gasteiger partial charge on any atom is -0.387 e. The third-order valence-corrected chi connectivity index (χ3v) is 2.94. The molecule has 0 aromatic carbocycles. The molecule has 0 spiro atoms. The van der Waals surface area contributed by atoms with Crippen molar-refractivity contribution in [3.05, 3.63) is 28.6 Å². The van der Waals surface area contributed by atoms with Crippen molar-refractivity contribution in [3.63, 3.8) is 0 Å². The number of imidazole rings is 1. The van der Waals surface area contributed by atoms with Gasteiger partial charge < -0.3 is 25.2 Å². The number of hydrogen-bond acceptors (Lipinski definition) is 6. The molecule has 2 aromatic rings. The van der Waals surface area contributed by atoms with Crippen LogP contribution in [0.25, 0.3) is 11.2 Å². The Morgan fingerprint density at radius 1 is 1.55 bits per heavy atom. The van der Waals surface area contributed by atoms with Gasteiger partial charge in [0.15, 0.2) is 11.2 Å². The van der Waals surface area contributed by atoms with E-state index >= 15 is 0 Å². The number of rotatable bonds is 4. The van der Waals surface area contributed by atoms with Crippen LogP contribution in [0.5, 0.6) is 0 Å². The lowest BCUT2D eigenvalue weighted by Gasteiger charge is -2.07. The Morgan fingerprint density at radius 2 is 2.25 bits per heavy atom. The number of nitrogens with two attached hydrogens (primary N) is 1. The average Bonchev–Trinajstić information content (AvgIpc) is 2.69. The number of anilines is 1. The quantitative estimate of drug-likeness (QED) is 0.437. The summed E-state index contributed by atoms with van der Waals surface area (Å²) in [5.41, 5.74) is 5.14. The number of nitrogens with zero attached hydrogens (tertiary/aromatic N) is 3. The van der Waals surface area contributed by atoms with Crippen LogP contribution in [0, 0.1) is 0 Å². The van der Waals surface area contributed by atoms with Crippen LogP contribution in [0.1, 0.15) is 0 Å². The summed E-state index contributed by atoms with van der Waals surface area (Å²) >= 11 is 0. The fourth-order valence-electron chi connectivity index (χ4n) is 1.58. The molecule has 10 nitrogen and oxygen atoms in total. The Hall–Kier alpha value is -2.00. The maximum Gasteiger partial charge on any atom is 0.348 e. The Labute approximate surface area is 111 Å². The number of hydrogen-bond donors (Lipinski definition) is 5. The van der Waals surface area contributed by atoms with Gasteiger partial charge >= 0.3 is 7.60 Å². The lowest BCUT2D eigenvalue weighted by molar-refractivity contribution is 0.202. The van der Waals surface area contributed by atoms with Crippen LogP contribution in [0.2, 0.25) is 0 Å². The molecule has 0 fully saturated rings. The molecule has 0 saturated heterocycles. The number of aromatic nitrogens is 4. The van der Waals surface area contributed by atoms with Gasteiger partial charge in [-0.25, -0.2) is 4.98 Å². The van der Waals surface area contributed by atoms with Crippen molar-refractivity contribution in [1.29, 1.82) is 0 Å². The van der Waals surface area contributed by atoms with Crippen LogP contribution in [0.15, 0.2) is 23.0 Å².